The molecule has 0 saturated heterocycles. The first kappa shape index (κ1) is 53.8. The summed E-state index contributed by atoms with van der Waals surface area (Å²) in [6.07, 6.45) is 6.82. The Morgan fingerprint density at radius 3 is 1.05 bits per heavy atom. The van der Waals surface area contributed by atoms with Crippen molar-refractivity contribution in [2.24, 2.45) is 22.9 Å². The van der Waals surface area contributed by atoms with Gasteiger partial charge in [0, 0.05) is 12.8 Å². The topological polar surface area (TPSA) is 325 Å². The summed E-state index contributed by atoms with van der Waals surface area (Å²) in [5.74, 6) is -4.18. The minimum atomic E-state index is -1.14. The van der Waals surface area contributed by atoms with E-state index in [1.807, 2.05) is 6.92 Å². The van der Waals surface area contributed by atoms with E-state index in [0.29, 0.717) is 96.8 Å². The molecule has 7 unspecified atom stereocenters. The Bertz CT molecular complexity index is 1290. The molecule has 0 fully saturated rings. The largest absolute Gasteiger partial charge is 0.345 e. The van der Waals surface area contributed by atoms with E-state index >= 15 is 0 Å². The first-order valence-corrected chi connectivity index (χ1v) is 21.0. The van der Waals surface area contributed by atoms with Gasteiger partial charge < -0.3 is 60.2 Å². The molecule has 7 amide bonds. The van der Waals surface area contributed by atoms with Gasteiger partial charge in [0.2, 0.25) is 41.4 Å². The van der Waals surface area contributed by atoms with Crippen molar-refractivity contribution in [2.45, 2.75) is 173 Å². The number of rotatable bonds is 33. The smallest absolute Gasteiger partial charge is 0.243 e. The van der Waals surface area contributed by atoms with Gasteiger partial charge >= 0.3 is 0 Å². The minimum Gasteiger partial charge on any atom is -0.345 e. The monoisotopic (exact) mass is 826 g/mol. The van der Waals surface area contributed by atoms with Crippen LogP contribution in [-0.4, -0.2) is 116 Å². The second-order valence-corrected chi connectivity index (χ2v) is 14.7. The summed E-state index contributed by atoms with van der Waals surface area (Å²) in [4.78, 5) is 104. The maximum absolute atomic E-state index is 13.7. The van der Waals surface area contributed by atoms with E-state index in [1.54, 1.807) is 6.92 Å². The Balaban J connectivity index is 5.78. The molecule has 0 aromatic heterocycles. The molecule has 0 aromatic carbocycles. The van der Waals surface area contributed by atoms with Crippen molar-refractivity contribution in [1.29, 1.82) is 0 Å². The van der Waals surface area contributed by atoms with Gasteiger partial charge in [0.1, 0.15) is 36.3 Å². The molecule has 7 atom stereocenters. The quantitative estimate of drug-likeness (QED) is 0.0346. The van der Waals surface area contributed by atoms with Crippen molar-refractivity contribution in [2.75, 3.05) is 26.2 Å². The van der Waals surface area contributed by atoms with Gasteiger partial charge in [0.25, 0.3) is 0 Å². The zero-order chi connectivity index (χ0) is 44.0. The van der Waals surface area contributed by atoms with Crippen molar-refractivity contribution in [3.05, 3.63) is 0 Å². The fourth-order valence-electron chi connectivity index (χ4n) is 5.86. The number of nitrogens with two attached hydrogens (primary N) is 4. The van der Waals surface area contributed by atoms with Crippen molar-refractivity contribution in [3.63, 3.8) is 0 Å². The van der Waals surface area contributed by atoms with Crippen LogP contribution in [0.2, 0.25) is 0 Å². The fraction of sp³-hybridized carbons (Fsp3) is 0.795. The molecule has 0 aliphatic rings. The van der Waals surface area contributed by atoms with E-state index in [4.69, 9.17) is 22.9 Å². The zero-order valence-electron chi connectivity index (χ0n) is 35.6. The Labute approximate surface area is 344 Å². The molecule has 0 spiro atoms. The number of carbonyl (C=O) groups is 8. The highest BCUT2D eigenvalue weighted by Crippen LogP contribution is 2.09. The van der Waals surface area contributed by atoms with Gasteiger partial charge in [-0.1, -0.05) is 13.8 Å². The number of nitrogens with one attached hydrogen (secondary N) is 7. The molecule has 0 bridgehead atoms. The summed E-state index contributed by atoms with van der Waals surface area (Å²) < 4.78 is 0. The van der Waals surface area contributed by atoms with Crippen LogP contribution in [0.3, 0.4) is 0 Å². The first-order chi connectivity index (χ1) is 27.6. The molecular weight excluding hydrogens is 750 g/mol. The van der Waals surface area contributed by atoms with Crippen LogP contribution in [0.25, 0.3) is 0 Å². The molecule has 334 valence electrons. The molecular formula is C39H75N11O8. The van der Waals surface area contributed by atoms with Gasteiger partial charge in [0.15, 0.2) is 5.78 Å². The number of carbonyl (C=O) groups excluding carboxylic acids is 8. The van der Waals surface area contributed by atoms with Crippen molar-refractivity contribution >= 4 is 47.1 Å². The SMILES string of the molecule is CCCC(=O)NC(CCCCN)C(=O)NC(C)C(=O)NC(C)C(=O)NC(CCCCN)C(=O)NC(CCCCN)C(=O)NC(C)C(=O)NC(CCCCN)C(=O)CC. The second kappa shape index (κ2) is 31.7. The highest BCUT2D eigenvalue weighted by molar-refractivity contribution is 5.97. The molecule has 0 aromatic rings. The summed E-state index contributed by atoms with van der Waals surface area (Å²) in [5.41, 5.74) is 22.5. The van der Waals surface area contributed by atoms with Crippen LogP contribution in [0.1, 0.15) is 131 Å². The van der Waals surface area contributed by atoms with Crippen LogP contribution in [-0.2, 0) is 38.4 Å². The lowest BCUT2D eigenvalue weighted by atomic mass is 10.0. The molecule has 0 aliphatic carbocycles. The number of hydrogen-bond donors (Lipinski definition) is 11. The van der Waals surface area contributed by atoms with Crippen molar-refractivity contribution < 1.29 is 38.4 Å². The molecule has 15 N–H and O–H groups in total. The third kappa shape index (κ3) is 22.7. The third-order valence-electron chi connectivity index (χ3n) is 9.49. The third-order valence-corrected chi connectivity index (χ3v) is 9.49. The minimum absolute atomic E-state index is 0.138. The lowest BCUT2D eigenvalue weighted by Gasteiger charge is -2.26. The van der Waals surface area contributed by atoms with Gasteiger partial charge in [0.05, 0.1) is 6.04 Å². The van der Waals surface area contributed by atoms with E-state index < -0.39 is 77.7 Å². The van der Waals surface area contributed by atoms with Crippen LogP contribution >= 0.6 is 0 Å². The number of ketones is 1. The summed E-state index contributed by atoms with van der Waals surface area (Å²) in [6.45, 7) is 9.47. The number of Topliss-reactive ketones (excluding diaryl/α,β-unsaturated/α-hetero) is 1. The molecule has 0 saturated carbocycles. The lowest BCUT2D eigenvalue weighted by molar-refractivity contribution is -0.135. The van der Waals surface area contributed by atoms with Gasteiger partial charge in [-0.25, -0.2) is 0 Å². The van der Waals surface area contributed by atoms with E-state index in [0.717, 1.165) is 0 Å². The van der Waals surface area contributed by atoms with E-state index in [1.165, 1.54) is 20.8 Å². The van der Waals surface area contributed by atoms with E-state index in [9.17, 15) is 38.4 Å². The standard InChI is InChI=1S/C39H75N11O8/c1-6-16-33(52)47-29(18-9-13-22-41)37(56)45-25(3)34(53)44-26(4)36(55)49-31(20-11-15-24-43)39(58)50-30(19-10-14-23-42)38(57)46-27(5)35(54)48-28(32(51)7-2)17-8-12-21-40/h25-31H,6-24,40-43H2,1-5H3,(H,44,53)(H,45,56)(H,46,57)(H,47,52)(H,48,54)(H,49,55)(H,50,58). The zero-order valence-corrected chi connectivity index (χ0v) is 35.6. The normalized spacial score (nSPS) is 14.6. The predicted octanol–water partition coefficient (Wildman–Crippen LogP) is -1.27. The summed E-state index contributed by atoms with van der Waals surface area (Å²) in [5, 5.41) is 18.6. The maximum atomic E-state index is 13.7. The van der Waals surface area contributed by atoms with Crippen molar-refractivity contribution in [1.82, 2.24) is 37.2 Å². The highest BCUT2D eigenvalue weighted by Gasteiger charge is 2.31. The summed E-state index contributed by atoms with van der Waals surface area (Å²) >= 11 is 0. The van der Waals surface area contributed by atoms with Crippen LogP contribution < -0.4 is 60.2 Å². The Morgan fingerprint density at radius 2 is 0.690 bits per heavy atom. The predicted molar refractivity (Wildman–Crippen MR) is 222 cm³/mol. The average Bonchev–Trinajstić information content (AvgIpc) is 3.18. The molecule has 0 heterocycles. The molecule has 0 aliphatic heterocycles. The first-order valence-electron chi connectivity index (χ1n) is 21.0. The number of amides is 7. The highest BCUT2D eigenvalue weighted by atomic mass is 16.2. The molecule has 0 rings (SSSR count). The second-order valence-electron chi connectivity index (χ2n) is 14.7. The summed E-state index contributed by atoms with van der Waals surface area (Å²) in [6, 6.07) is -7.03. The van der Waals surface area contributed by atoms with Gasteiger partial charge in [-0.15, -0.1) is 0 Å². The Hall–Kier alpha value is -4.20. The van der Waals surface area contributed by atoms with Crippen LogP contribution in [0.4, 0.5) is 0 Å². The van der Waals surface area contributed by atoms with Gasteiger partial charge in [-0.3, -0.25) is 38.4 Å². The Kier molecular flexibility index (Phi) is 29.5. The lowest BCUT2D eigenvalue weighted by Crippen LogP contribution is -2.59. The maximum Gasteiger partial charge on any atom is 0.243 e. The number of hydrogen-bond acceptors (Lipinski definition) is 12. The molecule has 58 heavy (non-hydrogen) atoms. The van der Waals surface area contributed by atoms with Crippen LogP contribution in [0, 0.1) is 0 Å². The average molecular weight is 826 g/mol. The molecule has 19 nitrogen and oxygen atoms in total. The van der Waals surface area contributed by atoms with Gasteiger partial charge in [-0.05, 0) is 130 Å². The fourth-order valence-corrected chi connectivity index (χ4v) is 5.86. The summed E-state index contributed by atoms with van der Waals surface area (Å²) in [7, 11) is 0. The van der Waals surface area contributed by atoms with Crippen LogP contribution in [0.15, 0.2) is 0 Å². The van der Waals surface area contributed by atoms with Gasteiger partial charge in [-0.2, -0.15) is 0 Å². The number of unbranched alkanes of at least 4 members (excludes halogenated alkanes) is 4. The van der Waals surface area contributed by atoms with E-state index in [-0.39, 0.29) is 37.4 Å². The molecule has 19 heteroatoms. The van der Waals surface area contributed by atoms with Crippen LogP contribution in [0.5, 0.6) is 0 Å². The van der Waals surface area contributed by atoms with E-state index in [2.05, 4.69) is 37.2 Å². The van der Waals surface area contributed by atoms with Crippen molar-refractivity contribution in [3.8, 4) is 0 Å². The molecule has 0 radical (unpaired) electrons. The Morgan fingerprint density at radius 1 is 0.397 bits per heavy atom.